The minimum absolute atomic E-state index is 0.0104. The van der Waals surface area contributed by atoms with Crippen molar-refractivity contribution < 1.29 is 9.59 Å². The molecule has 1 fully saturated rings. The Balaban J connectivity index is 1.71. The number of thiazole rings is 1. The molecule has 0 radical (unpaired) electrons. The van der Waals surface area contributed by atoms with Gasteiger partial charge in [-0.2, -0.15) is 0 Å². The topological polar surface area (TPSA) is 62.3 Å². The van der Waals surface area contributed by atoms with Crippen LogP contribution in [0.5, 0.6) is 0 Å². The molecule has 0 saturated carbocycles. The van der Waals surface area contributed by atoms with Gasteiger partial charge in [0, 0.05) is 24.0 Å². The number of rotatable bonds is 3. The molecule has 1 atom stereocenters. The minimum Gasteiger partial charge on any atom is -0.312 e. The van der Waals surface area contributed by atoms with E-state index in [1.54, 1.807) is 4.90 Å². The molecular formula is C17H19N3O2S. The molecule has 5 nitrogen and oxygen atoms in total. The zero-order valence-electron chi connectivity index (χ0n) is 13.4. The van der Waals surface area contributed by atoms with Gasteiger partial charge in [-0.1, -0.05) is 6.07 Å². The number of hydrogen-bond donors (Lipinski definition) is 1. The average molecular weight is 329 g/mol. The number of nitrogens with zero attached hydrogens (tertiary/aromatic N) is 2. The van der Waals surface area contributed by atoms with Crippen LogP contribution in [-0.4, -0.2) is 23.3 Å². The van der Waals surface area contributed by atoms with Crippen molar-refractivity contribution in [1.82, 2.24) is 4.98 Å². The molecule has 1 saturated heterocycles. The van der Waals surface area contributed by atoms with Crippen LogP contribution in [-0.2, 0) is 9.59 Å². The Morgan fingerprint density at radius 3 is 2.74 bits per heavy atom. The molecule has 0 spiro atoms. The molecule has 0 aliphatic carbocycles. The second-order valence-electron chi connectivity index (χ2n) is 5.96. The molecule has 2 heterocycles. The van der Waals surface area contributed by atoms with Crippen molar-refractivity contribution in [2.24, 2.45) is 5.92 Å². The molecule has 6 heteroatoms. The van der Waals surface area contributed by atoms with Gasteiger partial charge >= 0.3 is 0 Å². The smallest absolute Gasteiger partial charge is 0.231 e. The van der Waals surface area contributed by atoms with Crippen molar-refractivity contribution in [3.63, 3.8) is 0 Å². The molecule has 1 N–H and O–H groups in total. The number of aromatic nitrogens is 1. The lowest BCUT2D eigenvalue weighted by atomic mass is 10.1. The summed E-state index contributed by atoms with van der Waals surface area (Å²) < 4.78 is 0. The predicted octanol–water partition coefficient (Wildman–Crippen LogP) is 3.06. The van der Waals surface area contributed by atoms with Gasteiger partial charge < -0.3 is 10.2 Å². The SMILES string of the molecule is Cc1csc(NC(=O)[C@H]2CC(=O)N(c3ccc(C)c(C)c3)C2)n1. The maximum Gasteiger partial charge on any atom is 0.231 e. The number of anilines is 2. The van der Waals surface area contributed by atoms with Crippen molar-refractivity contribution in [2.75, 3.05) is 16.8 Å². The molecule has 1 aliphatic heterocycles. The molecule has 23 heavy (non-hydrogen) atoms. The van der Waals surface area contributed by atoms with Gasteiger partial charge in [0.15, 0.2) is 5.13 Å². The highest BCUT2D eigenvalue weighted by molar-refractivity contribution is 7.13. The van der Waals surface area contributed by atoms with Crippen LogP contribution in [0.4, 0.5) is 10.8 Å². The Morgan fingerprint density at radius 2 is 2.09 bits per heavy atom. The quantitative estimate of drug-likeness (QED) is 0.941. The van der Waals surface area contributed by atoms with Crippen molar-refractivity contribution in [1.29, 1.82) is 0 Å². The fraction of sp³-hybridized carbons (Fsp3) is 0.353. The zero-order valence-corrected chi connectivity index (χ0v) is 14.2. The Morgan fingerprint density at radius 1 is 1.30 bits per heavy atom. The lowest BCUT2D eigenvalue weighted by Crippen LogP contribution is -2.28. The molecule has 120 valence electrons. The summed E-state index contributed by atoms with van der Waals surface area (Å²) in [5.74, 6) is -0.490. The van der Waals surface area contributed by atoms with Crippen LogP contribution < -0.4 is 10.2 Å². The third kappa shape index (κ3) is 3.27. The summed E-state index contributed by atoms with van der Waals surface area (Å²) in [6, 6.07) is 5.94. The van der Waals surface area contributed by atoms with Crippen LogP contribution in [0.15, 0.2) is 23.6 Å². The van der Waals surface area contributed by atoms with E-state index in [9.17, 15) is 9.59 Å². The number of hydrogen-bond acceptors (Lipinski definition) is 4. The standard InChI is InChI=1S/C17H19N3O2S/c1-10-4-5-14(6-11(10)2)20-8-13(7-15(20)21)16(22)19-17-18-12(3)9-23-17/h4-6,9,13H,7-8H2,1-3H3,(H,18,19,22)/t13-/m0/s1. The Kier molecular flexibility index (Phi) is 4.17. The lowest BCUT2D eigenvalue weighted by Gasteiger charge is -2.17. The van der Waals surface area contributed by atoms with Gasteiger partial charge in [-0.05, 0) is 44.0 Å². The van der Waals surface area contributed by atoms with E-state index in [1.807, 2.05) is 44.4 Å². The fourth-order valence-electron chi connectivity index (χ4n) is 2.65. The highest BCUT2D eigenvalue weighted by atomic mass is 32.1. The first-order valence-electron chi connectivity index (χ1n) is 7.54. The molecular weight excluding hydrogens is 310 g/mol. The van der Waals surface area contributed by atoms with E-state index in [2.05, 4.69) is 10.3 Å². The minimum atomic E-state index is -0.340. The van der Waals surface area contributed by atoms with Gasteiger partial charge in [0.1, 0.15) is 0 Å². The molecule has 1 aromatic heterocycles. The van der Waals surface area contributed by atoms with Gasteiger partial charge in [0.25, 0.3) is 0 Å². The summed E-state index contributed by atoms with van der Waals surface area (Å²) in [4.78, 5) is 30.5. The summed E-state index contributed by atoms with van der Waals surface area (Å²) >= 11 is 1.40. The second-order valence-corrected chi connectivity index (χ2v) is 6.82. The number of carbonyl (C=O) groups is 2. The summed E-state index contributed by atoms with van der Waals surface area (Å²) in [7, 11) is 0. The van der Waals surface area contributed by atoms with E-state index in [0.29, 0.717) is 11.7 Å². The highest BCUT2D eigenvalue weighted by Crippen LogP contribution is 2.28. The van der Waals surface area contributed by atoms with Crippen LogP contribution in [0, 0.1) is 26.7 Å². The van der Waals surface area contributed by atoms with Crippen LogP contribution in [0.1, 0.15) is 23.2 Å². The van der Waals surface area contributed by atoms with Gasteiger partial charge in [0.2, 0.25) is 11.8 Å². The van der Waals surface area contributed by atoms with E-state index in [4.69, 9.17) is 0 Å². The Labute approximate surface area is 139 Å². The van der Waals surface area contributed by atoms with Crippen LogP contribution in [0.25, 0.3) is 0 Å². The third-order valence-electron chi connectivity index (χ3n) is 4.15. The number of benzene rings is 1. The molecule has 1 aromatic carbocycles. The molecule has 3 rings (SSSR count). The first-order valence-corrected chi connectivity index (χ1v) is 8.42. The summed E-state index contributed by atoms with van der Waals surface area (Å²) in [6.07, 6.45) is 0.239. The van der Waals surface area contributed by atoms with Crippen molar-refractivity contribution in [3.05, 3.63) is 40.4 Å². The number of amides is 2. The van der Waals surface area contributed by atoms with E-state index in [-0.39, 0.29) is 24.2 Å². The van der Waals surface area contributed by atoms with Gasteiger partial charge in [-0.25, -0.2) is 4.98 Å². The number of carbonyl (C=O) groups excluding carboxylic acids is 2. The molecule has 0 unspecified atom stereocenters. The maximum atomic E-state index is 12.3. The number of nitrogens with one attached hydrogen (secondary N) is 1. The predicted molar refractivity (Wildman–Crippen MR) is 91.9 cm³/mol. The largest absolute Gasteiger partial charge is 0.312 e. The van der Waals surface area contributed by atoms with Gasteiger partial charge in [-0.15, -0.1) is 11.3 Å². The number of aryl methyl sites for hydroxylation is 3. The van der Waals surface area contributed by atoms with Crippen LogP contribution >= 0.6 is 11.3 Å². The van der Waals surface area contributed by atoms with Gasteiger partial charge in [0.05, 0.1) is 11.6 Å². The van der Waals surface area contributed by atoms with Gasteiger partial charge in [-0.3, -0.25) is 9.59 Å². The molecule has 2 aromatic rings. The van der Waals surface area contributed by atoms with Crippen molar-refractivity contribution in [3.8, 4) is 0 Å². The Hall–Kier alpha value is -2.21. The second kappa shape index (κ2) is 6.12. The van der Waals surface area contributed by atoms with E-state index >= 15 is 0 Å². The highest BCUT2D eigenvalue weighted by Gasteiger charge is 2.35. The first-order chi connectivity index (χ1) is 10.9. The lowest BCUT2D eigenvalue weighted by molar-refractivity contribution is -0.122. The first kappa shape index (κ1) is 15.7. The monoisotopic (exact) mass is 329 g/mol. The summed E-state index contributed by atoms with van der Waals surface area (Å²) in [6.45, 7) is 6.36. The van der Waals surface area contributed by atoms with Crippen LogP contribution in [0.2, 0.25) is 0 Å². The van der Waals surface area contributed by atoms with Crippen LogP contribution in [0.3, 0.4) is 0 Å². The maximum absolute atomic E-state index is 12.3. The normalized spacial score (nSPS) is 17.6. The van der Waals surface area contributed by atoms with Crippen molar-refractivity contribution >= 4 is 34.0 Å². The molecule has 1 aliphatic rings. The average Bonchev–Trinajstić information content (AvgIpc) is 3.08. The molecule has 2 amide bonds. The van der Waals surface area contributed by atoms with Crippen molar-refractivity contribution in [2.45, 2.75) is 27.2 Å². The van der Waals surface area contributed by atoms with E-state index in [0.717, 1.165) is 16.9 Å². The molecule has 0 bridgehead atoms. The Bertz CT molecular complexity index is 769. The zero-order chi connectivity index (χ0) is 16.6. The summed E-state index contributed by atoms with van der Waals surface area (Å²) in [5.41, 5.74) is 4.07. The van der Waals surface area contributed by atoms with E-state index in [1.165, 1.54) is 16.9 Å². The summed E-state index contributed by atoms with van der Waals surface area (Å²) in [5, 5.41) is 5.28. The fourth-order valence-corrected chi connectivity index (χ4v) is 3.34. The third-order valence-corrected chi connectivity index (χ3v) is 5.02. The van der Waals surface area contributed by atoms with E-state index < -0.39 is 0 Å².